The topological polar surface area (TPSA) is 77.2 Å². The maximum absolute atomic E-state index is 12.7. The van der Waals surface area contributed by atoms with Crippen LogP contribution in [0.15, 0.2) is 71.3 Å². The van der Waals surface area contributed by atoms with Crippen LogP contribution in [0.2, 0.25) is 0 Å². The van der Waals surface area contributed by atoms with E-state index in [-0.39, 0.29) is 12.5 Å². The first-order valence-electron chi connectivity index (χ1n) is 9.96. The lowest BCUT2D eigenvalue weighted by molar-refractivity contribution is -0.128. The highest BCUT2D eigenvalue weighted by Gasteiger charge is 2.20. The number of nitrogens with zero attached hydrogens (tertiary/aromatic N) is 2. The second-order valence-electron chi connectivity index (χ2n) is 7.09. The van der Waals surface area contributed by atoms with Crippen molar-refractivity contribution < 1.29 is 14.1 Å². The zero-order chi connectivity index (χ0) is 20.9. The smallest absolute Gasteiger partial charge is 0.261 e. The van der Waals surface area contributed by atoms with Crippen LogP contribution in [0.3, 0.4) is 0 Å². The van der Waals surface area contributed by atoms with Gasteiger partial charge in [-0.2, -0.15) is 4.98 Å². The maximum atomic E-state index is 12.7. The standard InChI is InChI=1S/C24H23N3O3/c1-3-20(29-21-13-7-10-17-9-4-5-12-19(17)21)24(28)25-15-22-26-23(27-30-22)18-11-6-8-16(2)14-18/h4-14,20H,3,15H2,1-2H3,(H,25,28)/t20-/m1/s1. The average molecular weight is 401 g/mol. The molecular formula is C24H23N3O3. The third-order valence-electron chi connectivity index (χ3n) is 4.84. The molecule has 1 N–H and O–H groups in total. The summed E-state index contributed by atoms with van der Waals surface area (Å²) >= 11 is 0. The summed E-state index contributed by atoms with van der Waals surface area (Å²) < 4.78 is 11.3. The number of aryl methyl sites for hydroxylation is 1. The first-order chi connectivity index (χ1) is 14.6. The van der Waals surface area contributed by atoms with Gasteiger partial charge in [0.1, 0.15) is 5.75 Å². The lowest BCUT2D eigenvalue weighted by Gasteiger charge is -2.18. The van der Waals surface area contributed by atoms with E-state index in [0.717, 1.165) is 21.9 Å². The molecule has 0 fully saturated rings. The van der Waals surface area contributed by atoms with Gasteiger partial charge in [-0.15, -0.1) is 0 Å². The Kier molecular flexibility index (Phi) is 5.75. The summed E-state index contributed by atoms with van der Waals surface area (Å²) in [4.78, 5) is 17.1. The summed E-state index contributed by atoms with van der Waals surface area (Å²) in [7, 11) is 0. The molecule has 152 valence electrons. The van der Waals surface area contributed by atoms with E-state index < -0.39 is 6.10 Å². The number of nitrogens with one attached hydrogen (secondary N) is 1. The minimum atomic E-state index is -0.616. The Hall–Kier alpha value is -3.67. The Bertz CT molecular complexity index is 1160. The van der Waals surface area contributed by atoms with Crippen molar-refractivity contribution >= 4 is 16.7 Å². The molecule has 1 heterocycles. The first-order valence-corrected chi connectivity index (χ1v) is 9.96. The molecule has 0 aliphatic rings. The van der Waals surface area contributed by atoms with E-state index in [1.54, 1.807) is 0 Å². The van der Waals surface area contributed by atoms with E-state index in [1.807, 2.05) is 80.6 Å². The van der Waals surface area contributed by atoms with Gasteiger partial charge in [0.2, 0.25) is 11.7 Å². The maximum Gasteiger partial charge on any atom is 0.261 e. The van der Waals surface area contributed by atoms with E-state index in [0.29, 0.717) is 23.9 Å². The van der Waals surface area contributed by atoms with Crippen LogP contribution >= 0.6 is 0 Å². The van der Waals surface area contributed by atoms with E-state index in [9.17, 15) is 4.79 Å². The van der Waals surface area contributed by atoms with Gasteiger partial charge in [-0.05, 0) is 30.9 Å². The van der Waals surface area contributed by atoms with Gasteiger partial charge in [-0.1, -0.05) is 72.2 Å². The molecule has 1 aromatic heterocycles. The van der Waals surface area contributed by atoms with Crippen LogP contribution in [-0.2, 0) is 11.3 Å². The second kappa shape index (κ2) is 8.78. The molecule has 6 nitrogen and oxygen atoms in total. The van der Waals surface area contributed by atoms with Gasteiger partial charge < -0.3 is 14.6 Å². The summed E-state index contributed by atoms with van der Waals surface area (Å²) in [6.45, 7) is 4.07. The molecule has 0 spiro atoms. The molecule has 4 rings (SSSR count). The van der Waals surface area contributed by atoms with Gasteiger partial charge in [-0.25, -0.2) is 0 Å². The van der Waals surface area contributed by atoms with E-state index in [1.165, 1.54) is 0 Å². The molecule has 1 amide bonds. The Morgan fingerprint density at radius 1 is 1.10 bits per heavy atom. The molecule has 0 aliphatic carbocycles. The zero-order valence-corrected chi connectivity index (χ0v) is 17.0. The fraction of sp³-hybridized carbons (Fsp3) is 0.208. The Morgan fingerprint density at radius 2 is 1.90 bits per heavy atom. The van der Waals surface area contributed by atoms with E-state index >= 15 is 0 Å². The number of carbonyl (C=O) groups is 1. The Labute approximate surface area is 174 Å². The number of benzene rings is 3. The monoisotopic (exact) mass is 401 g/mol. The van der Waals surface area contributed by atoms with Gasteiger partial charge in [0.25, 0.3) is 5.91 Å². The molecular weight excluding hydrogens is 378 g/mol. The number of hydrogen-bond acceptors (Lipinski definition) is 5. The summed E-state index contributed by atoms with van der Waals surface area (Å²) in [6.07, 6.45) is -0.0806. The fourth-order valence-electron chi connectivity index (χ4n) is 3.28. The lowest BCUT2D eigenvalue weighted by Crippen LogP contribution is -2.37. The van der Waals surface area contributed by atoms with Crippen molar-refractivity contribution in [1.82, 2.24) is 15.5 Å². The highest BCUT2D eigenvalue weighted by Crippen LogP contribution is 2.26. The van der Waals surface area contributed by atoms with Crippen molar-refractivity contribution in [3.63, 3.8) is 0 Å². The van der Waals surface area contributed by atoms with Gasteiger partial charge in [0, 0.05) is 10.9 Å². The summed E-state index contributed by atoms with van der Waals surface area (Å²) in [5, 5.41) is 8.89. The molecule has 0 bridgehead atoms. The van der Waals surface area contributed by atoms with E-state index in [4.69, 9.17) is 9.26 Å². The Balaban J connectivity index is 1.41. The fourth-order valence-corrected chi connectivity index (χ4v) is 3.28. The minimum Gasteiger partial charge on any atom is -0.480 e. The van der Waals surface area contributed by atoms with Crippen LogP contribution in [0.1, 0.15) is 24.8 Å². The number of aromatic nitrogens is 2. The molecule has 1 atom stereocenters. The summed E-state index contributed by atoms with van der Waals surface area (Å²) in [5.41, 5.74) is 1.99. The number of ether oxygens (including phenoxy) is 1. The largest absolute Gasteiger partial charge is 0.480 e. The third kappa shape index (κ3) is 4.33. The number of rotatable bonds is 7. The number of amides is 1. The van der Waals surface area contributed by atoms with Gasteiger partial charge in [0.05, 0.1) is 6.54 Å². The predicted molar refractivity (Wildman–Crippen MR) is 115 cm³/mol. The molecule has 3 aromatic carbocycles. The molecule has 6 heteroatoms. The van der Waals surface area contributed by atoms with Gasteiger partial charge >= 0.3 is 0 Å². The molecule has 4 aromatic rings. The zero-order valence-electron chi connectivity index (χ0n) is 17.0. The molecule has 0 saturated heterocycles. The summed E-state index contributed by atoms with van der Waals surface area (Å²) in [5.74, 6) is 1.32. The van der Waals surface area contributed by atoms with Crippen molar-refractivity contribution in [3.05, 3.63) is 78.2 Å². The predicted octanol–water partition coefficient (Wildman–Crippen LogP) is 4.67. The molecule has 0 saturated carbocycles. The first kappa shape index (κ1) is 19.6. The highest BCUT2D eigenvalue weighted by molar-refractivity contribution is 5.89. The second-order valence-corrected chi connectivity index (χ2v) is 7.09. The van der Waals surface area contributed by atoms with Crippen LogP contribution in [0, 0.1) is 6.92 Å². The SMILES string of the molecule is CC[C@@H](Oc1cccc2ccccc12)C(=O)NCc1nc(-c2cccc(C)c2)no1. The van der Waals surface area contributed by atoms with Crippen LogP contribution in [0.25, 0.3) is 22.2 Å². The molecule has 0 aliphatic heterocycles. The third-order valence-corrected chi connectivity index (χ3v) is 4.84. The van der Waals surface area contributed by atoms with Crippen LogP contribution in [0.5, 0.6) is 5.75 Å². The summed E-state index contributed by atoms with van der Waals surface area (Å²) in [6, 6.07) is 21.6. The highest BCUT2D eigenvalue weighted by atomic mass is 16.5. The minimum absolute atomic E-state index is 0.146. The van der Waals surface area contributed by atoms with Gasteiger partial charge in [-0.3, -0.25) is 4.79 Å². The van der Waals surface area contributed by atoms with Crippen LogP contribution < -0.4 is 10.1 Å². The van der Waals surface area contributed by atoms with Crippen molar-refractivity contribution in [3.8, 4) is 17.1 Å². The van der Waals surface area contributed by atoms with Crippen LogP contribution in [0.4, 0.5) is 0 Å². The van der Waals surface area contributed by atoms with Crippen molar-refractivity contribution in [2.75, 3.05) is 0 Å². The quantitative estimate of drug-likeness (QED) is 0.487. The Morgan fingerprint density at radius 3 is 2.73 bits per heavy atom. The van der Waals surface area contributed by atoms with Crippen LogP contribution in [-0.4, -0.2) is 22.2 Å². The van der Waals surface area contributed by atoms with Gasteiger partial charge in [0.15, 0.2) is 6.10 Å². The number of fused-ring (bicyclic) bond motifs is 1. The normalized spacial score (nSPS) is 11.9. The van der Waals surface area contributed by atoms with E-state index in [2.05, 4.69) is 15.5 Å². The lowest BCUT2D eigenvalue weighted by atomic mass is 10.1. The number of carbonyl (C=O) groups excluding carboxylic acids is 1. The average Bonchev–Trinajstić information content (AvgIpc) is 3.25. The molecule has 0 radical (unpaired) electrons. The van der Waals surface area contributed by atoms with Crippen molar-refractivity contribution in [1.29, 1.82) is 0 Å². The van der Waals surface area contributed by atoms with Crippen molar-refractivity contribution in [2.24, 2.45) is 0 Å². The van der Waals surface area contributed by atoms with Crippen molar-refractivity contribution in [2.45, 2.75) is 32.9 Å². The number of hydrogen-bond donors (Lipinski definition) is 1. The molecule has 30 heavy (non-hydrogen) atoms. The molecule has 0 unspecified atom stereocenters.